The molecule has 1 nitrogen and oxygen atoms in total. The molecule has 0 aliphatic carbocycles. The minimum Gasteiger partial charge on any atom is -0.316 e. The highest BCUT2D eigenvalue weighted by Gasteiger charge is 2.19. The van der Waals surface area contributed by atoms with Crippen molar-refractivity contribution < 1.29 is 0 Å². The summed E-state index contributed by atoms with van der Waals surface area (Å²) in [7, 11) is 0. The third kappa shape index (κ3) is 3.07. The second kappa shape index (κ2) is 5.92. The van der Waals surface area contributed by atoms with Gasteiger partial charge in [-0.2, -0.15) is 0 Å². The quantitative estimate of drug-likeness (QED) is 0.693. The zero-order valence-corrected chi connectivity index (χ0v) is 10.1. The summed E-state index contributed by atoms with van der Waals surface area (Å²) in [6, 6.07) is 0. The smallest absolute Gasteiger partial charge is 0.00203 e. The van der Waals surface area contributed by atoms with Crippen LogP contribution in [0.5, 0.6) is 0 Å². The maximum atomic E-state index is 4.18. The molecule has 1 atom stereocenters. The van der Waals surface area contributed by atoms with Crippen LogP contribution in [0.15, 0.2) is 36.0 Å². The molecule has 15 heavy (non-hydrogen) atoms. The fraction of sp³-hybridized carbons (Fsp3) is 0.571. The molecule has 0 radical (unpaired) electrons. The van der Waals surface area contributed by atoms with Crippen molar-refractivity contribution in [2.75, 3.05) is 13.1 Å². The average Bonchev–Trinajstić information content (AvgIpc) is 2.30. The Morgan fingerprint density at radius 3 is 2.73 bits per heavy atom. The molecular formula is C14H23N. The molecule has 0 aromatic heterocycles. The maximum absolute atomic E-state index is 4.18. The Morgan fingerprint density at radius 1 is 1.53 bits per heavy atom. The van der Waals surface area contributed by atoms with Crippen LogP contribution in [0.2, 0.25) is 0 Å². The number of allylic oxidation sites excluding steroid dienone is 3. The van der Waals surface area contributed by atoms with Crippen LogP contribution in [-0.4, -0.2) is 13.1 Å². The van der Waals surface area contributed by atoms with E-state index >= 15 is 0 Å². The first kappa shape index (κ1) is 12.3. The normalized spacial score (nSPS) is 23.2. The molecule has 0 spiro atoms. The Bertz CT molecular complexity index is 267. The van der Waals surface area contributed by atoms with E-state index in [0.29, 0.717) is 5.92 Å². The molecule has 1 aliphatic rings. The van der Waals surface area contributed by atoms with Crippen LogP contribution >= 0.6 is 0 Å². The standard InChI is InChI=1S/C14H23N/c1-5-11(3)14(12(4)6-2)13-8-7-9-15-10-13/h5,13,15H,1,4,6-10H2,2-3H3/b14-11+. The Kier molecular flexibility index (Phi) is 4.83. The molecule has 1 saturated heterocycles. The van der Waals surface area contributed by atoms with Gasteiger partial charge in [-0.3, -0.25) is 0 Å². The predicted octanol–water partition coefficient (Wildman–Crippen LogP) is 3.45. The molecular weight excluding hydrogens is 182 g/mol. The Balaban J connectivity index is 2.89. The van der Waals surface area contributed by atoms with Crippen molar-refractivity contribution in [3.8, 4) is 0 Å². The van der Waals surface area contributed by atoms with Crippen LogP contribution < -0.4 is 5.32 Å². The summed E-state index contributed by atoms with van der Waals surface area (Å²) in [6.45, 7) is 14.6. The number of rotatable bonds is 4. The molecule has 0 aromatic carbocycles. The summed E-state index contributed by atoms with van der Waals surface area (Å²) in [4.78, 5) is 0. The molecule has 0 aromatic rings. The van der Waals surface area contributed by atoms with Gasteiger partial charge in [-0.1, -0.05) is 31.7 Å². The van der Waals surface area contributed by atoms with E-state index in [1.54, 1.807) is 0 Å². The molecule has 1 heterocycles. The van der Waals surface area contributed by atoms with E-state index in [1.165, 1.54) is 29.6 Å². The zero-order valence-electron chi connectivity index (χ0n) is 10.1. The summed E-state index contributed by atoms with van der Waals surface area (Å²) in [5, 5.41) is 3.46. The van der Waals surface area contributed by atoms with Gasteiger partial charge in [-0.25, -0.2) is 0 Å². The lowest BCUT2D eigenvalue weighted by molar-refractivity contribution is 0.422. The largest absolute Gasteiger partial charge is 0.316 e. The van der Waals surface area contributed by atoms with Crippen molar-refractivity contribution in [2.45, 2.75) is 33.1 Å². The van der Waals surface area contributed by atoms with E-state index in [4.69, 9.17) is 0 Å². The highest BCUT2D eigenvalue weighted by molar-refractivity contribution is 5.39. The van der Waals surface area contributed by atoms with Crippen molar-refractivity contribution in [1.82, 2.24) is 5.32 Å². The van der Waals surface area contributed by atoms with Crippen LogP contribution in [0.1, 0.15) is 33.1 Å². The minimum atomic E-state index is 0.643. The van der Waals surface area contributed by atoms with E-state index in [9.17, 15) is 0 Å². The average molecular weight is 205 g/mol. The second-order valence-electron chi connectivity index (χ2n) is 4.30. The monoisotopic (exact) mass is 205 g/mol. The topological polar surface area (TPSA) is 12.0 Å². The number of hydrogen-bond donors (Lipinski definition) is 1. The number of nitrogens with one attached hydrogen (secondary N) is 1. The van der Waals surface area contributed by atoms with Crippen LogP contribution in [0.4, 0.5) is 0 Å². The maximum Gasteiger partial charge on any atom is 0.00203 e. The molecule has 0 saturated carbocycles. The Morgan fingerprint density at radius 2 is 2.27 bits per heavy atom. The summed E-state index contributed by atoms with van der Waals surface area (Å²) < 4.78 is 0. The van der Waals surface area contributed by atoms with Gasteiger partial charge < -0.3 is 5.32 Å². The predicted molar refractivity (Wildman–Crippen MR) is 67.9 cm³/mol. The first-order valence-electron chi connectivity index (χ1n) is 5.92. The summed E-state index contributed by atoms with van der Waals surface area (Å²) in [5.41, 5.74) is 4.02. The van der Waals surface area contributed by atoms with E-state index in [2.05, 4.69) is 32.3 Å². The fourth-order valence-corrected chi connectivity index (χ4v) is 2.29. The van der Waals surface area contributed by atoms with Crippen LogP contribution in [-0.2, 0) is 0 Å². The van der Waals surface area contributed by atoms with Gasteiger partial charge >= 0.3 is 0 Å². The summed E-state index contributed by atoms with van der Waals surface area (Å²) in [6.07, 6.45) is 5.56. The number of piperidine rings is 1. The molecule has 1 unspecified atom stereocenters. The van der Waals surface area contributed by atoms with Crippen molar-refractivity contribution >= 4 is 0 Å². The van der Waals surface area contributed by atoms with Crippen LogP contribution in [0.3, 0.4) is 0 Å². The second-order valence-corrected chi connectivity index (χ2v) is 4.30. The Hall–Kier alpha value is -0.820. The first-order chi connectivity index (χ1) is 7.20. The lowest BCUT2D eigenvalue weighted by Gasteiger charge is -2.27. The van der Waals surface area contributed by atoms with Crippen molar-refractivity contribution in [1.29, 1.82) is 0 Å². The van der Waals surface area contributed by atoms with Gasteiger partial charge in [0, 0.05) is 6.54 Å². The molecule has 1 rings (SSSR count). The molecule has 1 aliphatic heterocycles. The van der Waals surface area contributed by atoms with E-state index < -0.39 is 0 Å². The van der Waals surface area contributed by atoms with Gasteiger partial charge in [-0.05, 0) is 49.8 Å². The summed E-state index contributed by atoms with van der Waals surface area (Å²) >= 11 is 0. The number of hydrogen-bond acceptors (Lipinski definition) is 1. The zero-order chi connectivity index (χ0) is 11.3. The van der Waals surface area contributed by atoms with Gasteiger partial charge in [0.05, 0.1) is 0 Å². The van der Waals surface area contributed by atoms with Gasteiger partial charge in [0.15, 0.2) is 0 Å². The highest BCUT2D eigenvalue weighted by Crippen LogP contribution is 2.29. The summed E-state index contributed by atoms with van der Waals surface area (Å²) in [5.74, 6) is 0.643. The van der Waals surface area contributed by atoms with Gasteiger partial charge in [-0.15, -0.1) is 0 Å². The third-order valence-corrected chi connectivity index (χ3v) is 3.24. The lowest BCUT2D eigenvalue weighted by atomic mass is 9.83. The minimum absolute atomic E-state index is 0.643. The molecule has 1 fully saturated rings. The molecule has 1 heteroatoms. The van der Waals surface area contributed by atoms with E-state index in [0.717, 1.165) is 19.5 Å². The van der Waals surface area contributed by atoms with Crippen molar-refractivity contribution in [3.63, 3.8) is 0 Å². The van der Waals surface area contributed by atoms with Gasteiger partial charge in [0.25, 0.3) is 0 Å². The van der Waals surface area contributed by atoms with Gasteiger partial charge in [0.2, 0.25) is 0 Å². The SMILES string of the molecule is C=C/C(C)=C(\C(=C)CC)C1CCCNC1. The van der Waals surface area contributed by atoms with Crippen LogP contribution in [0, 0.1) is 5.92 Å². The van der Waals surface area contributed by atoms with Crippen molar-refractivity contribution in [3.05, 3.63) is 36.0 Å². The fourth-order valence-electron chi connectivity index (χ4n) is 2.29. The van der Waals surface area contributed by atoms with Gasteiger partial charge in [0.1, 0.15) is 0 Å². The highest BCUT2D eigenvalue weighted by atomic mass is 14.9. The third-order valence-electron chi connectivity index (χ3n) is 3.24. The molecule has 84 valence electrons. The molecule has 1 N–H and O–H groups in total. The molecule has 0 amide bonds. The Labute approximate surface area is 94.0 Å². The molecule has 0 bridgehead atoms. The first-order valence-corrected chi connectivity index (χ1v) is 5.92. The van der Waals surface area contributed by atoms with E-state index in [1.807, 2.05) is 6.08 Å². The van der Waals surface area contributed by atoms with Crippen molar-refractivity contribution in [2.24, 2.45) is 5.92 Å². The van der Waals surface area contributed by atoms with E-state index in [-0.39, 0.29) is 0 Å². The lowest BCUT2D eigenvalue weighted by Crippen LogP contribution is -2.31. The van der Waals surface area contributed by atoms with Crippen LogP contribution in [0.25, 0.3) is 0 Å².